The third kappa shape index (κ3) is 19.0. The molecule has 0 bridgehead atoms. The number of rotatable bonds is 18. The Morgan fingerprint density at radius 3 is 2.00 bits per heavy atom. The zero-order chi connectivity index (χ0) is 41.8. The molecule has 1 aromatic carbocycles. The Labute approximate surface area is 331 Å². The predicted molar refractivity (Wildman–Crippen MR) is 215 cm³/mol. The molecular weight excluding hydrogens is 725 g/mol. The summed E-state index contributed by atoms with van der Waals surface area (Å²) < 4.78 is 10.7. The van der Waals surface area contributed by atoms with Crippen molar-refractivity contribution >= 4 is 47.5 Å². The van der Waals surface area contributed by atoms with Gasteiger partial charge in [-0.3, -0.25) is 29.3 Å². The Balaban J connectivity index is 2.21. The van der Waals surface area contributed by atoms with Crippen LogP contribution in [0.4, 0.5) is 4.79 Å². The molecule has 1 aliphatic rings. The number of unbranched alkanes of at least 4 members (excludes halogenated alkanes) is 1. The van der Waals surface area contributed by atoms with Gasteiger partial charge >= 0.3 is 12.1 Å². The van der Waals surface area contributed by atoms with Gasteiger partial charge in [0.25, 0.3) is 0 Å². The average Bonchev–Trinajstić information content (AvgIpc) is 3.40. The van der Waals surface area contributed by atoms with Crippen LogP contribution in [0.5, 0.6) is 0 Å². The van der Waals surface area contributed by atoms with E-state index in [2.05, 4.69) is 47.4 Å². The predicted octanol–water partition coefficient (Wildman–Crippen LogP) is 4.11. The summed E-state index contributed by atoms with van der Waals surface area (Å²) in [5.41, 5.74) is 6.14. The molecular formula is C40H66N6O8S. The normalized spacial score (nSPS) is 17.3. The Morgan fingerprint density at radius 1 is 0.855 bits per heavy atom. The van der Waals surface area contributed by atoms with E-state index < -0.39 is 65.2 Å². The number of alkyl carbamates (subject to hydrolysis) is 1. The molecule has 15 heteroatoms. The van der Waals surface area contributed by atoms with Gasteiger partial charge in [-0.1, -0.05) is 45.0 Å². The number of ether oxygens (including phenoxy) is 2. The first-order valence-electron chi connectivity index (χ1n) is 19.1. The lowest BCUT2D eigenvalue weighted by Crippen LogP contribution is -2.56. The number of thioether (sulfide) groups is 1. The van der Waals surface area contributed by atoms with Crippen LogP contribution in [0.15, 0.2) is 24.3 Å². The standard InChI is InChI=1S/C40H66N6O8S/c1-37(2,3)26-17-15-25(16-18-26)22-29(45-35(51)30-24-55-40(10,11)46-30)34(50)43-27(19-20-32(48)53-38(4,5)6)23-31(47)44-28(33(41)49)14-12-13-21-42-36(52)54-39(7,8)9/h15-18,27-30,46H,12-14,19-24H2,1-11H3,(H2,41,49)(H,42,52)(H,43,50)(H,44,47)(H,45,51)/t27-,28+,29-,30?/m0/s1. The number of nitrogens with one attached hydrogen (secondary N) is 5. The van der Waals surface area contributed by atoms with Crippen LogP contribution in [0.25, 0.3) is 0 Å². The van der Waals surface area contributed by atoms with Crippen LogP contribution in [0, 0.1) is 0 Å². The zero-order valence-electron chi connectivity index (χ0n) is 34.7. The quantitative estimate of drug-likeness (QED) is 0.0927. The molecule has 7 N–H and O–H groups in total. The first-order chi connectivity index (χ1) is 25.2. The highest BCUT2D eigenvalue weighted by Gasteiger charge is 2.37. The van der Waals surface area contributed by atoms with Crippen molar-refractivity contribution in [1.29, 1.82) is 0 Å². The molecule has 1 fully saturated rings. The van der Waals surface area contributed by atoms with Crippen LogP contribution < -0.4 is 32.3 Å². The number of amides is 5. The molecule has 0 saturated carbocycles. The second-order valence-electron chi connectivity index (χ2n) is 17.7. The fourth-order valence-electron chi connectivity index (χ4n) is 5.75. The molecule has 310 valence electrons. The first-order valence-corrected chi connectivity index (χ1v) is 20.1. The van der Waals surface area contributed by atoms with Crippen molar-refractivity contribution in [2.75, 3.05) is 12.3 Å². The highest BCUT2D eigenvalue weighted by Crippen LogP contribution is 2.29. The van der Waals surface area contributed by atoms with Gasteiger partial charge in [-0.05, 0) is 97.6 Å². The number of nitrogens with two attached hydrogens (primary N) is 1. The van der Waals surface area contributed by atoms with Gasteiger partial charge in [-0.25, -0.2) is 4.79 Å². The van der Waals surface area contributed by atoms with Crippen molar-refractivity contribution in [3.63, 3.8) is 0 Å². The maximum absolute atomic E-state index is 14.1. The lowest BCUT2D eigenvalue weighted by Gasteiger charge is -2.26. The van der Waals surface area contributed by atoms with E-state index in [9.17, 15) is 28.8 Å². The van der Waals surface area contributed by atoms with Gasteiger partial charge in [0.05, 0.1) is 10.9 Å². The fraction of sp³-hybridized carbons (Fsp3) is 0.700. The van der Waals surface area contributed by atoms with E-state index in [4.69, 9.17) is 15.2 Å². The van der Waals surface area contributed by atoms with Crippen molar-refractivity contribution in [1.82, 2.24) is 26.6 Å². The topological polar surface area (TPSA) is 207 Å². The van der Waals surface area contributed by atoms with E-state index in [-0.39, 0.29) is 48.3 Å². The van der Waals surface area contributed by atoms with E-state index in [0.29, 0.717) is 25.1 Å². The molecule has 5 amide bonds. The molecule has 55 heavy (non-hydrogen) atoms. The van der Waals surface area contributed by atoms with Crippen LogP contribution in [0.1, 0.15) is 126 Å². The van der Waals surface area contributed by atoms with E-state index in [1.165, 1.54) is 0 Å². The third-order valence-electron chi connectivity index (χ3n) is 8.50. The molecule has 1 aliphatic heterocycles. The van der Waals surface area contributed by atoms with Crippen LogP contribution in [0.2, 0.25) is 0 Å². The number of benzene rings is 1. The highest BCUT2D eigenvalue weighted by molar-refractivity contribution is 8.00. The van der Waals surface area contributed by atoms with Gasteiger partial charge < -0.3 is 36.5 Å². The summed E-state index contributed by atoms with van der Waals surface area (Å²) >= 11 is 1.61. The van der Waals surface area contributed by atoms with Crippen LogP contribution >= 0.6 is 11.8 Å². The smallest absolute Gasteiger partial charge is 0.407 e. The largest absolute Gasteiger partial charge is 0.460 e. The molecule has 1 heterocycles. The minimum absolute atomic E-state index is 0.0571. The highest BCUT2D eigenvalue weighted by atomic mass is 32.2. The molecule has 0 radical (unpaired) electrons. The van der Waals surface area contributed by atoms with Crippen molar-refractivity contribution < 1.29 is 38.2 Å². The SMILES string of the molecule is CC(C)(C)OC(=O)CC[C@@H](CC(=O)N[C@H](CCCCNC(=O)OC(C)(C)C)C(N)=O)NC(=O)[C@H](Cc1ccc(C(C)(C)C)cc1)NC(=O)C1CSC(C)(C)N1. The summed E-state index contributed by atoms with van der Waals surface area (Å²) in [7, 11) is 0. The van der Waals surface area contributed by atoms with Crippen molar-refractivity contribution in [2.24, 2.45) is 5.73 Å². The van der Waals surface area contributed by atoms with Crippen molar-refractivity contribution in [3.05, 3.63) is 35.4 Å². The number of primary amides is 1. The molecule has 1 unspecified atom stereocenters. The summed E-state index contributed by atoms with van der Waals surface area (Å²) in [5.74, 6) is -2.10. The molecule has 14 nitrogen and oxygen atoms in total. The number of hydrogen-bond acceptors (Lipinski definition) is 10. The number of carbonyl (C=O) groups excluding carboxylic acids is 6. The Morgan fingerprint density at radius 2 is 1.47 bits per heavy atom. The maximum Gasteiger partial charge on any atom is 0.407 e. The zero-order valence-corrected chi connectivity index (χ0v) is 35.6. The number of carbonyl (C=O) groups is 6. The maximum atomic E-state index is 14.1. The summed E-state index contributed by atoms with van der Waals surface area (Å²) in [4.78, 5) is 77.5. The number of esters is 1. The molecule has 1 aromatic rings. The van der Waals surface area contributed by atoms with E-state index in [1.54, 1.807) is 53.3 Å². The number of hydrogen-bond donors (Lipinski definition) is 6. The van der Waals surface area contributed by atoms with Gasteiger partial charge in [-0.15, -0.1) is 11.8 Å². The molecule has 0 aromatic heterocycles. The summed E-state index contributed by atoms with van der Waals surface area (Å²) in [6.45, 7) is 21.1. The van der Waals surface area contributed by atoms with E-state index >= 15 is 0 Å². The molecule has 2 rings (SSSR count). The van der Waals surface area contributed by atoms with Gasteiger partial charge in [0, 0.05) is 37.6 Å². The lowest BCUT2D eigenvalue weighted by molar-refractivity contribution is -0.155. The minimum Gasteiger partial charge on any atom is -0.460 e. The third-order valence-corrected chi connectivity index (χ3v) is 9.84. The van der Waals surface area contributed by atoms with Crippen LogP contribution in [0.3, 0.4) is 0 Å². The van der Waals surface area contributed by atoms with Crippen LogP contribution in [-0.4, -0.2) is 88.2 Å². The Bertz CT molecular complexity index is 1480. The monoisotopic (exact) mass is 790 g/mol. The lowest BCUT2D eigenvalue weighted by atomic mass is 9.86. The Kier molecular flexibility index (Phi) is 17.5. The van der Waals surface area contributed by atoms with Crippen LogP contribution in [-0.2, 0) is 45.3 Å². The summed E-state index contributed by atoms with van der Waals surface area (Å²) in [6.07, 6.45) is 0.517. The first kappa shape index (κ1) is 47.3. The summed E-state index contributed by atoms with van der Waals surface area (Å²) in [5, 5.41) is 14.5. The summed E-state index contributed by atoms with van der Waals surface area (Å²) in [6, 6.07) is 4.52. The van der Waals surface area contributed by atoms with Gasteiger partial charge in [0.2, 0.25) is 23.6 Å². The van der Waals surface area contributed by atoms with Gasteiger partial charge in [-0.2, -0.15) is 0 Å². The van der Waals surface area contributed by atoms with E-state index in [0.717, 1.165) is 11.1 Å². The second kappa shape index (κ2) is 20.4. The van der Waals surface area contributed by atoms with Crippen molar-refractivity contribution in [2.45, 2.75) is 167 Å². The molecule has 0 aliphatic carbocycles. The van der Waals surface area contributed by atoms with E-state index in [1.807, 2.05) is 38.1 Å². The Hall–Kier alpha value is -3.85. The van der Waals surface area contributed by atoms with Crippen molar-refractivity contribution in [3.8, 4) is 0 Å². The molecule has 4 atom stereocenters. The fourth-order valence-corrected chi connectivity index (χ4v) is 6.79. The second-order valence-corrected chi connectivity index (χ2v) is 19.4. The van der Waals surface area contributed by atoms with Gasteiger partial charge in [0.1, 0.15) is 23.3 Å². The average molecular weight is 791 g/mol. The molecule has 1 saturated heterocycles. The molecule has 0 spiro atoms. The minimum atomic E-state index is -1.000. The van der Waals surface area contributed by atoms with Gasteiger partial charge in [0.15, 0.2) is 0 Å².